The first-order valence-electron chi connectivity index (χ1n) is 6.81. The lowest BCUT2D eigenvalue weighted by atomic mass is 9.99. The molecule has 0 radical (unpaired) electrons. The summed E-state index contributed by atoms with van der Waals surface area (Å²) < 4.78 is 18.7. The summed E-state index contributed by atoms with van der Waals surface area (Å²) in [5, 5.41) is 3.29. The predicted octanol–water partition coefficient (Wildman–Crippen LogP) is 4.06. The number of ether oxygens (including phenoxy) is 1. The summed E-state index contributed by atoms with van der Waals surface area (Å²) >= 11 is 1.72. The fraction of sp³-hybridized carbons (Fsp3) is 0.294. The molecule has 0 saturated heterocycles. The smallest absolute Gasteiger partial charge is 0.165 e. The van der Waals surface area contributed by atoms with Crippen molar-refractivity contribution in [2.75, 3.05) is 20.4 Å². The number of nitrogens with one attached hydrogen (secondary N) is 1. The number of rotatable bonds is 6. The minimum atomic E-state index is -0.317. The summed E-state index contributed by atoms with van der Waals surface area (Å²) in [5.74, 6) is -0.0355. The van der Waals surface area contributed by atoms with Crippen LogP contribution < -0.4 is 10.1 Å². The van der Waals surface area contributed by atoms with Crippen molar-refractivity contribution in [1.82, 2.24) is 5.32 Å². The maximum absolute atomic E-state index is 13.8. The van der Waals surface area contributed by atoms with E-state index in [4.69, 9.17) is 4.74 Å². The summed E-state index contributed by atoms with van der Waals surface area (Å²) in [6.07, 6.45) is 2.79. The van der Waals surface area contributed by atoms with E-state index in [0.29, 0.717) is 0 Å². The summed E-state index contributed by atoms with van der Waals surface area (Å²) in [4.78, 5) is 1.24. The molecule has 0 aromatic heterocycles. The van der Waals surface area contributed by atoms with Gasteiger partial charge in [-0.15, -0.1) is 11.8 Å². The highest BCUT2D eigenvalue weighted by molar-refractivity contribution is 7.98. The molecule has 2 aromatic carbocycles. The molecule has 1 atom stereocenters. The van der Waals surface area contributed by atoms with Gasteiger partial charge in [0.25, 0.3) is 0 Å². The summed E-state index contributed by atoms with van der Waals surface area (Å²) in [5.41, 5.74) is 2.15. The average Bonchev–Trinajstić information content (AvgIpc) is 2.53. The van der Waals surface area contributed by atoms with Gasteiger partial charge in [-0.05, 0) is 55.1 Å². The van der Waals surface area contributed by atoms with Gasteiger partial charge < -0.3 is 10.1 Å². The van der Waals surface area contributed by atoms with Gasteiger partial charge in [-0.1, -0.05) is 18.2 Å². The van der Waals surface area contributed by atoms with Gasteiger partial charge in [0.15, 0.2) is 11.6 Å². The zero-order chi connectivity index (χ0) is 15.2. The third-order valence-corrected chi connectivity index (χ3v) is 4.27. The fourth-order valence-electron chi connectivity index (χ4n) is 2.30. The minimum absolute atomic E-state index is 0.161. The van der Waals surface area contributed by atoms with Crippen LogP contribution >= 0.6 is 11.8 Å². The van der Waals surface area contributed by atoms with E-state index in [1.54, 1.807) is 23.9 Å². The Morgan fingerprint density at radius 2 is 1.90 bits per heavy atom. The van der Waals surface area contributed by atoms with Crippen molar-refractivity contribution in [1.29, 1.82) is 0 Å². The molecule has 2 aromatic rings. The molecule has 0 spiro atoms. The zero-order valence-electron chi connectivity index (χ0n) is 12.5. The lowest BCUT2D eigenvalue weighted by Crippen LogP contribution is -2.18. The van der Waals surface area contributed by atoms with Crippen LogP contribution in [0.5, 0.6) is 5.75 Å². The summed E-state index contributed by atoms with van der Waals surface area (Å²) in [7, 11) is 3.40. The average molecular weight is 305 g/mol. The van der Waals surface area contributed by atoms with Gasteiger partial charge in [-0.25, -0.2) is 4.39 Å². The molecule has 0 aliphatic heterocycles. The normalized spacial score (nSPS) is 12.2. The van der Waals surface area contributed by atoms with Gasteiger partial charge >= 0.3 is 0 Å². The second-order valence-electron chi connectivity index (χ2n) is 4.79. The number of thioether (sulfide) groups is 1. The van der Waals surface area contributed by atoms with E-state index in [2.05, 4.69) is 35.8 Å². The van der Waals surface area contributed by atoms with Crippen LogP contribution in [0.1, 0.15) is 17.2 Å². The van der Waals surface area contributed by atoms with Crippen molar-refractivity contribution < 1.29 is 9.13 Å². The van der Waals surface area contributed by atoms with Gasteiger partial charge in [0.1, 0.15) is 0 Å². The van der Waals surface area contributed by atoms with Gasteiger partial charge in [-0.3, -0.25) is 0 Å². The molecule has 4 heteroatoms. The minimum Gasteiger partial charge on any atom is -0.494 e. The lowest BCUT2D eigenvalue weighted by Gasteiger charge is -2.17. The quantitative estimate of drug-likeness (QED) is 0.813. The van der Waals surface area contributed by atoms with Gasteiger partial charge in [0.05, 0.1) is 7.11 Å². The standard InChI is InChI=1S/C17H20FNOS/c1-19-16(13-5-7-14(21-3)8-6-13)11-12-4-9-17(20-2)15(18)10-12/h4-10,16,19H,11H2,1-3H3. The molecule has 2 nitrogen and oxygen atoms in total. The first kappa shape index (κ1) is 15.9. The molecule has 0 aliphatic rings. The first-order valence-corrected chi connectivity index (χ1v) is 8.04. The van der Waals surface area contributed by atoms with E-state index in [1.807, 2.05) is 13.1 Å². The molecule has 112 valence electrons. The lowest BCUT2D eigenvalue weighted by molar-refractivity contribution is 0.386. The van der Waals surface area contributed by atoms with Crippen LogP contribution in [0.3, 0.4) is 0 Å². The Morgan fingerprint density at radius 1 is 1.19 bits per heavy atom. The van der Waals surface area contributed by atoms with E-state index < -0.39 is 0 Å². The highest BCUT2D eigenvalue weighted by Crippen LogP contribution is 2.24. The zero-order valence-corrected chi connectivity index (χ0v) is 13.3. The Hall–Kier alpha value is -1.52. The fourth-order valence-corrected chi connectivity index (χ4v) is 2.70. The second kappa shape index (κ2) is 7.48. The molecule has 0 saturated carbocycles. The molecular formula is C17H20FNOS. The van der Waals surface area contributed by atoms with Gasteiger partial charge in [0, 0.05) is 10.9 Å². The first-order chi connectivity index (χ1) is 10.2. The monoisotopic (exact) mass is 305 g/mol. The van der Waals surface area contributed by atoms with Crippen LogP contribution in [0.2, 0.25) is 0 Å². The SMILES string of the molecule is CNC(Cc1ccc(OC)c(F)c1)c1ccc(SC)cc1. The largest absolute Gasteiger partial charge is 0.494 e. The molecule has 1 unspecified atom stereocenters. The number of halogens is 1. The number of hydrogen-bond donors (Lipinski definition) is 1. The maximum Gasteiger partial charge on any atom is 0.165 e. The molecule has 2 rings (SSSR count). The number of benzene rings is 2. The highest BCUT2D eigenvalue weighted by atomic mass is 32.2. The molecule has 0 bridgehead atoms. The number of likely N-dealkylation sites (N-methyl/N-ethyl adjacent to an activating group) is 1. The molecule has 0 aliphatic carbocycles. The molecule has 21 heavy (non-hydrogen) atoms. The molecular weight excluding hydrogens is 285 g/mol. The Balaban J connectivity index is 2.16. The summed E-state index contributed by atoms with van der Waals surface area (Å²) in [6.45, 7) is 0. The van der Waals surface area contributed by atoms with Crippen molar-refractivity contribution in [3.63, 3.8) is 0 Å². The predicted molar refractivity (Wildman–Crippen MR) is 86.7 cm³/mol. The Bertz CT molecular complexity index is 586. The molecule has 1 N–H and O–H groups in total. The van der Waals surface area contributed by atoms with E-state index in [1.165, 1.54) is 17.6 Å². The maximum atomic E-state index is 13.8. The van der Waals surface area contributed by atoms with Crippen LogP contribution in [0, 0.1) is 5.82 Å². The van der Waals surface area contributed by atoms with E-state index in [-0.39, 0.29) is 17.6 Å². The third-order valence-electron chi connectivity index (χ3n) is 3.52. The van der Waals surface area contributed by atoms with Crippen LogP contribution in [-0.4, -0.2) is 20.4 Å². The van der Waals surface area contributed by atoms with Crippen molar-refractivity contribution in [3.8, 4) is 5.75 Å². The number of hydrogen-bond acceptors (Lipinski definition) is 3. The Morgan fingerprint density at radius 3 is 2.43 bits per heavy atom. The van der Waals surface area contributed by atoms with E-state index in [9.17, 15) is 4.39 Å². The van der Waals surface area contributed by atoms with Crippen LogP contribution in [0.15, 0.2) is 47.4 Å². The van der Waals surface area contributed by atoms with Crippen molar-refractivity contribution in [3.05, 3.63) is 59.4 Å². The molecule has 0 fully saturated rings. The van der Waals surface area contributed by atoms with Crippen LogP contribution in [-0.2, 0) is 6.42 Å². The third kappa shape index (κ3) is 3.99. The van der Waals surface area contributed by atoms with Crippen LogP contribution in [0.25, 0.3) is 0 Å². The molecule has 0 amide bonds. The molecule has 0 heterocycles. The topological polar surface area (TPSA) is 21.3 Å². The van der Waals surface area contributed by atoms with Crippen molar-refractivity contribution >= 4 is 11.8 Å². The second-order valence-corrected chi connectivity index (χ2v) is 5.67. The van der Waals surface area contributed by atoms with Gasteiger partial charge in [-0.2, -0.15) is 0 Å². The van der Waals surface area contributed by atoms with E-state index >= 15 is 0 Å². The van der Waals surface area contributed by atoms with Crippen molar-refractivity contribution in [2.45, 2.75) is 17.4 Å². The van der Waals surface area contributed by atoms with Gasteiger partial charge in [0.2, 0.25) is 0 Å². The Kier molecular flexibility index (Phi) is 5.65. The Labute approximate surface area is 129 Å². The highest BCUT2D eigenvalue weighted by Gasteiger charge is 2.12. The van der Waals surface area contributed by atoms with Crippen LogP contribution in [0.4, 0.5) is 4.39 Å². The summed E-state index contributed by atoms with van der Waals surface area (Å²) in [6, 6.07) is 13.7. The van der Waals surface area contributed by atoms with E-state index in [0.717, 1.165) is 12.0 Å². The van der Waals surface area contributed by atoms with Crippen molar-refractivity contribution in [2.24, 2.45) is 0 Å². The number of methoxy groups -OCH3 is 1.